The third-order valence-electron chi connectivity index (χ3n) is 8.12. The van der Waals surface area contributed by atoms with Crippen molar-refractivity contribution in [3.63, 3.8) is 0 Å². The van der Waals surface area contributed by atoms with Crippen LogP contribution in [-0.2, 0) is 5.75 Å². The van der Waals surface area contributed by atoms with Gasteiger partial charge in [-0.1, -0.05) is 140 Å². The molecule has 0 saturated heterocycles. The molecule has 5 aromatic carbocycles. The maximum Gasteiger partial charge on any atom is 0.179 e. The van der Waals surface area contributed by atoms with Crippen LogP contribution in [0, 0.1) is 0 Å². The fraction of sp³-hybridized carbons (Fsp3) is 0.167. The fourth-order valence-electron chi connectivity index (χ4n) is 6.18. The number of hydrogen-bond donors (Lipinski definition) is 0. The molecule has 0 heterocycles. The van der Waals surface area contributed by atoms with Gasteiger partial charge >= 0.3 is 0 Å². The zero-order valence-electron chi connectivity index (χ0n) is 21.8. The van der Waals surface area contributed by atoms with E-state index in [-0.39, 0.29) is 0 Å². The predicted molar refractivity (Wildman–Crippen MR) is 167 cm³/mol. The Bertz CT molecular complexity index is 1330. The van der Waals surface area contributed by atoms with E-state index in [4.69, 9.17) is 0 Å². The molecule has 0 bridgehead atoms. The number of benzene rings is 5. The molecular formula is C36H34SSi. The molecule has 0 atom stereocenters. The van der Waals surface area contributed by atoms with Crippen LogP contribution in [0.25, 0.3) is 0 Å². The minimum Gasteiger partial charge on any atom is -0.121 e. The first-order valence-corrected chi connectivity index (χ1v) is 16.8. The van der Waals surface area contributed by atoms with Crippen LogP contribution in [0.2, 0.25) is 0 Å². The molecule has 0 N–H and O–H groups in total. The smallest absolute Gasteiger partial charge is 0.121 e. The van der Waals surface area contributed by atoms with Gasteiger partial charge in [-0.15, -0.1) is 11.8 Å². The topological polar surface area (TPSA) is 0 Å². The fourth-order valence-corrected chi connectivity index (χ4v) is 11.8. The van der Waals surface area contributed by atoms with Crippen LogP contribution in [0.5, 0.6) is 0 Å². The van der Waals surface area contributed by atoms with Crippen molar-refractivity contribution in [3.05, 3.63) is 151 Å². The Balaban J connectivity index is 1.31. The summed E-state index contributed by atoms with van der Waals surface area (Å²) in [4.78, 5) is 1.36. The first-order valence-electron chi connectivity index (χ1n) is 13.8. The Morgan fingerprint density at radius 1 is 0.500 bits per heavy atom. The van der Waals surface area contributed by atoms with Gasteiger partial charge in [-0.3, -0.25) is 0 Å². The average molecular weight is 527 g/mol. The van der Waals surface area contributed by atoms with E-state index in [0.29, 0.717) is 0 Å². The van der Waals surface area contributed by atoms with Crippen LogP contribution in [0.15, 0.2) is 144 Å². The summed E-state index contributed by atoms with van der Waals surface area (Å²) in [6, 6.07) is 52.3. The van der Waals surface area contributed by atoms with Crippen LogP contribution in [0.4, 0.5) is 0 Å². The second kappa shape index (κ2) is 11.6. The summed E-state index contributed by atoms with van der Waals surface area (Å²) in [7, 11) is -2.44. The van der Waals surface area contributed by atoms with Crippen molar-refractivity contribution in [3.8, 4) is 0 Å². The standard InChI is InChI=1S/C36H34SSi/c1-4-14-33(15-5-1)38(34-16-6-2-7-17-34,35-18-8-3-9-19-35)36-26-20-29(21-27-36)28-37-32-24-22-31(23-25-32)30-12-10-11-13-30/h1-9,14-27,30H,10-13,28H2. The van der Waals surface area contributed by atoms with Crippen molar-refractivity contribution in [2.24, 2.45) is 0 Å². The lowest BCUT2D eigenvalue weighted by atomic mass is 9.98. The summed E-state index contributed by atoms with van der Waals surface area (Å²) in [6.45, 7) is 0. The highest BCUT2D eigenvalue weighted by molar-refractivity contribution is 7.98. The quantitative estimate of drug-likeness (QED) is 0.119. The Morgan fingerprint density at radius 2 is 0.947 bits per heavy atom. The zero-order chi connectivity index (χ0) is 25.6. The highest BCUT2D eigenvalue weighted by atomic mass is 32.2. The Kier molecular flexibility index (Phi) is 7.62. The molecular weight excluding hydrogens is 493 g/mol. The molecule has 1 aliphatic carbocycles. The first-order chi connectivity index (χ1) is 18.8. The van der Waals surface area contributed by atoms with E-state index in [2.05, 4.69) is 140 Å². The van der Waals surface area contributed by atoms with Gasteiger partial charge in [0.25, 0.3) is 0 Å². The monoisotopic (exact) mass is 526 g/mol. The maximum atomic E-state index is 2.40. The van der Waals surface area contributed by atoms with Crippen LogP contribution >= 0.6 is 11.8 Å². The van der Waals surface area contributed by atoms with Crippen molar-refractivity contribution in [1.82, 2.24) is 0 Å². The molecule has 2 heteroatoms. The van der Waals surface area contributed by atoms with Crippen LogP contribution in [-0.4, -0.2) is 8.07 Å². The molecule has 0 radical (unpaired) electrons. The molecule has 0 nitrogen and oxygen atoms in total. The second-order valence-electron chi connectivity index (χ2n) is 10.4. The third-order valence-corrected chi connectivity index (χ3v) is 14.0. The van der Waals surface area contributed by atoms with E-state index in [1.54, 1.807) is 0 Å². The van der Waals surface area contributed by atoms with Crippen molar-refractivity contribution < 1.29 is 0 Å². The Morgan fingerprint density at radius 3 is 1.42 bits per heavy atom. The van der Waals surface area contributed by atoms with Gasteiger partial charge in [0, 0.05) is 10.6 Å². The van der Waals surface area contributed by atoms with Crippen LogP contribution < -0.4 is 20.7 Å². The number of thioether (sulfide) groups is 1. The lowest BCUT2D eigenvalue weighted by molar-refractivity contribution is 0.722. The van der Waals surface area contributed by atoms with E-state index < -0.39 is 8.07 Å². The van der Waals surface area contributed by atoms with Crippen molar-refractivity contribution in [1.29, 1.82) is 0 Å². The van der Waals surface area contributed by atoms with Gasteiger partial charge in [0.2, 0.25) is 0 Å². The lowest BCUT2D eigenvalue weighted by Gasteiger charge is -2.34. The Hall–Kier alpha value is -3.33. The molecule has 188 valence electrons. The van der Waals surface area contributed by atoms with Crippen molar-refractivity contribution in [2.45, 2.75) is 42.2 Å². The molecule has 0 aromatic heterocycles. The molecule has 1 fully saturated rings. The van der Waals surface area contributed by atoms with E-state index in [1.165, 1.54) is 62.5 Å². The summed E-state index contributed by atoms with van der Waals surface area (Å²) in [5.74, 6) is 1.77. The summed E-state index contributed by atoms with van der Waals surface area (Å²) in [6.07, 6.45) is 5.50. The van der Waals surface area contributed by atoms with Gasteiger partial charge in [0.1, 0.15) is 0 Å². The summed E-state index contributed by atoms with van der Waals surface area (Å²) in [5, 5.41) is 5.68. The van der Waals surface area contributed by atoms with Gasteiger partial charge in [0.15, 0.2) is 8.07 Å². The minimum absolute atomic E-state index is 0.782. The summed E-state index contributed by atoms with van der Waals surface area (Å²) in [5.41, 5.74) is 2.90. The maximum absolute atomic E-state index is 2.44. The molecule has 0 amide bonds. The third kappa shape index (κ3) is 5.03. The summed E-state index contributed by atoms with van der Waals surface area (Å²) < 4.78 is 0. The van der Waals surface area contributed by atoms with Crippen molar-refractivity contribution >= 4 is 40.6 Å². The first kappa shape index (κ1) is 25.0. The number of hydrogen-bond acceptors (Lipinski definition) is 1. The van der Waals surface area contributed by atoms with E-state index in [9.17, 15) is 0 Å². The average Bonchev–Trinajstić information content (AvgIpc) is 3.55. The van der Waals surface area contributed by atoms with Crippen LogP contribution in [0.1, 0.15) is 42.7 Å². The second-order valence-corrected chi connectivity index (χ2v) is 15.2. The van der Waals surface area contributed by atoms with Gasteiger partial charge in [-0.05, 0) is 62.8 Å². The van der Waals surface area contributed by atoms with E-state index in [1.807, 2.05) is 11.8 Å². The Labute approximate surface area is 232 Å². The molecule has 6 rings (SSSR count). The van der Waals surface area contributed by atoms with Gasteiger partial charge in [-0.25, -0.2) is 0 Å². The molecule has 1 aliphatic rings. The largest absolute Gasteiger partial charge is 0.179 e. The summed E-state index contributed by atoms with van der Waals surface area (Å²) >= 11 is 1.94. The lowest BCUT2D eigenvalue weighted by Crippen LogP contribution is -2.74. The normalized spacial score (nSPS) is 14.0. The number of rotatable bonds is 8. The van der Waals surface area contributed by atoms with Crippen LogP contribution in [0.3, 0.4) is 0 Å². The highest BCUT2D eigenvalue weighted by Gasteiger charge is 2.41. The molecule has 0 aliphatic heterocycles. The zero-order valence-corrected chi connectivity index (χ0v) is 23.6. The van der Waals surface area contributed by atoms with Crippen molar-refractivity contribution in [2.75, 3.05) is 0 Å². The molecule has 38 heavy (non-hydrogen) atoms. The molecule has 1 saturated carbocycles. The molecule has 0 spiro atoms. The van der Waals surface area contributed by atoms with Gasteiger partial charge in [-0.2, -0.15) is 0 Å². The SMILES string of the molecule is c1ccc([Si](c2ccccc2)(c2ccccc2)c2ccc(CSc3ccc(C4CCCC4)cc3)cc2)cc1. The minimum atomic E-state index is -2.44. The highest BCUT2D eigenvalue weighted by Crippen LogP contribution is 2.35. The molecule has 5 aromatic rings. The van der Waals surface area contributed by atoms with Gasteiger partial charge < -0.3 is 0 Å². The predicted octanol–water partition coefficient (Wildman–Crippen LogP) is 7.01. The molecule has 0 unspecified atom stereocenters. The van der Waals surface area contributed by atoms with E-state index >= 15 is 0 Å². The van der Waals surface area contributed by atoms with E-state index in [0.717, 1.165) is 11.7 Å². The van der Waals surface area contributed by atoms with Gasteiger partial charge in [0.05, 0.1) is 0 Å².